The van der Waals surface area contributed by atoms with E-state index in [1.807, 2.05) is 0 Å². The van der Waals surface area contributed by atoms with Crippen molar-refractivity contribution in [1.29, 1.82) is 0 Å². The van der Waals surface area contributed by atoms with Crippen molar-refractivity contribution in [3.05, 3.63) is 0 Å². The van der Waals surface area contributed by atoms with Crippen LogP contribution in [0.5, 0.6) is 0 Å². The second kappa shape index (κ2) is 6.53. The Kier molecular flexibility index (Phi) is 5.01. The quantitative estimate of drug-likeness (QED) is 0.743. The average Bonchev–Trinajstić information content (AvgIpc) is 2.54. The molecule has 4 N–H and O–H groups in total. The maximum absolute atomic E-state index is 10.9. The SMILES string of the molecule is NC(=O)CC1CCN(C2CCCCCC2N)CC1. The highest BCUT2D eigenvalue weighted by molar-refractivity contribution is 5.73. The predicted molar refractivity (Wildman–Crippen MR) is 73.0 cm³/mol. The smallest absolute Gasteiger partial charge is 0.217 e. The van der Waals surface area contributed by atoms with E-state index >= 15 is 0 Å². The molecule has 0 radical (unpaired) electrons. The number of rotatable bonds is 3. The highest BCUT2D eigenvalue weighted by Gasteiger charge is 2.29. The van der Waals surface area contributed by atoms with E-state index in [4.69, 9.17) is 11.5 Å². The molecule has 0 aromatic heterocycles. The number of carbonyl (C=O) groups excluding carboxylic acids is 1. The van der Waals surface area contributed by atoms with Crippen LogP contribution in [0.15, 0.2) is 0 Å². The molecule has 2 atom stereocenters. The van der Waals surface area contributed by atoms with Crippen LogP contribution in [0.2, 0.25) is 0 Å². The zero-order valence-electron chi connectivity index (χ0n) is 11.3. The van der Waals surface area contributed by atoms with Crippen molar-refractivity contribution in [2.75, 3.05) is 13.1 Å². The van der Waals surface area contributed by atoms with Crippen LogP contribution in [-0.4, -0.2) is 36.0 Å². The molecule has 1 heterocycles. The molecule has 0 aromatic rings. The van der Waals surface area contributed by atoms with Crippen molar-refractivity contribution in [3.8, 4) is 0 Å². The minimum atomic E-state index is -0.153. The highest BCUT2D eigenvalue weighted by atomic mass is 16.1. The lowest BCUT2D eigenvalue weighted by Crippen LogP contribution is -2.50. The number of piperidine rings is 1. The summed E-state index contributed by atoms with van der Waals surface area (Å²) in [6.07, 6.45) is 9.13. The van der Waals surface area contributed by atoms with Crippen molar-refractivity contribution in [2.24, 2.45) is 17.4 Å². The standard InChI is InChI=1S/C14H27N3O/c15-12-4-2-1-3-5-13(12)17-8-6-11(7-9-17)10-14(16)18/h11-13H,1-10,15H2,(H2,16,18). The highest BCUT2D eigenvalue weighted by Crippen LogP contribution is 2.27. The predicted octanol–water partition coefficient (Wildman–Crippen LogP) is 1.23. The Balaban J connectivity index is 1.82. The first kappa shape index (κ1) is 13.8. The average molecular weight is 253 g/mol. The van der Waals surface area contributed by atoms with Crippen LogP contribution >= 0.6 is 0 Å². The van der Waals surface area contributed by atoms with Crippen LogP contribution in [-0.2, 0) is 4.79 Å². The maximum Gasteiger partial charge on any atom is 0.217 e. The number of hydrogen-bond donors (Lipinski definition) is 2. The Morgan fingerprint density at radius 3 is 2.39 bits per heavy atom. The minimum absolute atomic E-state index is 0.153. The zero-order chi connectivity index (χ0) is 13.0. The molecule has 2 unspecified atom stereocenters. The summed E-state index contributed by atoms with van der Waals surface area (Å²) >= 11 is 0. The molecule has 1 saturated carbocycles. The first-order chi connectivity index (χ1) is 8.66. The van der Waals surface area contributed by atoms with Gasteiger partial charge in [0.05, 0.1) is 0 Å². The maximum atomic E-state index is 10.9. The number of hydrogen-bond acceptors (Lipinski definition) is 3. The van der Waals surface area contributed by atoms with Gasteiger partial charge in [0.2, 0.25) is 5.91 Å². The molecular weight excluding hydrogens is 226 g/mol. The minimum Gasteiger partial charge on any atom is -0.370 e. The number of carbonyl (C=O) groups is 1. The van der Waals surface area contributed by atoms with Gasteiger partial charge in [0.25, 0.3) is 0 Å². The molecule has 1 aliphatic carbocycles. The van der Waals surface area contributed by atoms with E-state index in [1.54, 1.807) is 0 Å². The van der Waals surface area contributed by atoms with E-state index in [9.17, 15) is 4.79 Å². The number of likely N-dealkylation sites (tertiary alicyclic amines) is 1. The normalized spacial score (nSPS) is 32.1. The van der Waals surface area contributed by atoms with Crippen LogP contribution in [0.1, 0.15) is 51.4 Å². The largest absolute Gasteiger partial charge is 0.370 e. The van der Waals surface area contributed by atoms with Gasteiger partial charge in [-0.2, -0.15) is 0 Å². The summed E-state index contributed by atoms with van der Waals surface area (Å²) in [5.41, 5.74) is 11.6. The molecule has 4 nitrogen and oxygen atoms in total. The van der Waals surface area contributed by atoms with E-state index in [2.05, 4.69) is 4.90 Å². The van der Waals surface area contributed by atoms with Crippen molar-refractivity contribution >= 4 is 5.91 Å². The zero-order valence-corrected chi connectivity index (χ0v) is 11.3. The molecule has 104 valence electrons. The van der Waals surface area contributed by atoms with Crippen LogP contribution < -0.4 is 11.5 Å². The summed E-state index contributed by atoms with van der Waals surface area (Å²) in [5.74, 6) is 0.348. The van der Waals surface area contributed by atoms with Gasteiger partial charge < -0.3 is 11.5 Å². The fourth-order valence-electron chi connectivity index (χ4n) is 3.54. The van der Waals surface area contributed by atoms with Crippen LogP contribution in [0.25, 0.3) is 0 Å². The first-order valence-electron chi connectivity index (χ1n) is 7.44. The van der Waals surface area contributed by atoms with Crippen molar-refractivity contribution < 1.29 is 4.79 Å². The Morgan fingerprint density at radius 1 is 1.06 bits per heavy atom. The lowest BCUT2D eigenvalue weighted by molar-refractivity contribution is -0.119. The number of nitrogens with two attached hydrogens (primary N) is 2. The molecule has 2 fully saturated rings. The van der Waals surface area contributed by atoms with E-state index in [1.165, 1.54) is 32.1 Å². The third-order valence-electron chi connectivity index (χ3n) is 4.64. The second-order valence-corrected chi connectivity index (χ2v) is 6.02. The van der Waals surface area contributed by atoms with Gasteiger partial charge in [0.1, 0.15) is 0 Å². The second-order valence-electron chi connectivity index (χ2n) is 6.02. The third-order valence-corrected chi connectivity index (χ3v) is 4.64. The lowest BCUT2D eigenvalue weighted by atomic mass is 9.90. The third kappa shape index (κ3) is 3.69. The molecule has 1 aliphatic heterocycles. The molecule has 2 rings (SSSR count). The number of nitrogens with zero attached hydrogens (tertiary/aromatic N) is 1. The molecule has 0 spiro atoms. The van der Waals surface area contributed by atoms with Crippen LogP contribution in [0.4, 0.5) is 0 Å². The molecule has 0 aromatic carbocycles. The van der Waals surface area contributed by atoms with E-state index < -0.39 is 0 Å². The van der Waals surface area contributed by atoms with E-state index in [-0.39, 0.29) is 5.91 Å². The molecule has 2 aliphatic rings. The van der Waals surface area contributed by atoms with Gasteiger partial charge in [0.15, 0.2) is 0 Å². The fourth-order valence-corrected chi connectivity index (χ4v) is 3.54. The van der Waals surface area contributed by atoms with Crippen molar-refractivity contribution in [2.45, 2.75) is 63.5 Å². The summed E-state index contributed by atoms with van der Waals surface area (Å²) < 4.78 is 0. The van der Waals surface area contributed by atoms with E-state index in [0.717, 1.165) is 25.9 Å². The first-order valence-corrected chi connectivity index (χ1v) is 7.44. The molecule has 4 heteroatoms. The summed E-state index contributed by atoms with van der Waals surface area (Å²) in [7, 11) is 0. The van der Waals surface area contributed by atoms with Gasteiger partial charge in [-0.1, -0.05) is 19.3 Å². The molecular formula is C14H27N3O. The Bertz CT molecular complexity index is 274. The van der Waals surface area contributed by atoms with Gasteiger partial charge in [-0.3, -0.25) is 9.69 Å². The fraction of sp³-hybridized carbons (Fsp3) is 0.929. The van der Waals surface area contributed by atoms with E-state index in [0.29, 0.717) is 24.4 Å². The van der Waals surface area contributed by atoms with Gasteiger partial charge in [-0.15, -0.1) is 0 Å². The van der Waals surface area contributed by atoms with Gasteiger partial charge in [-0.25, -0.2) is 0 Å². The Morgan fingerprint density at radius 2 is 1.72 bits per heavy atom. The number of amides is 1. The van der Waals surface area contributed by atoms with Crippen molar-refractivity contribution in [3.63, 3.8) is 0 Å². The number of primary amides is 1. The van der Waals surface area contributed by atoms with Crippen LogP contribution in [0, 0.1) is 5.92 Å². The van der Waals surface area contributed by atoms with Gasteiger partial charge in [-0.05, 0) is 44.7 Å². The van der Waals surface area contributed by atoms with Crippen LogP contribution in [0.3, 0.4) is 0 Å². The Labute approximate surface area is 110 Å². The van der Waals surface area contributed by atoms with Crippen molar-refractivity contribution in [1.82, 2.24) is 4.90 Å². The lowest BCUT2D eigenvalue weighted by Gasteiger charge is -2.39. The molecule has 0 bridgehead atoms. The summed E-state index contributed by atoms with van der Waals surface area (Å²) in [6, 6.07) is 0.919. The molecule has 18 heavy (non-hydrogen) atoms. The summed E-state index contributed by atoms with van der Waals surface area (Å²) in [4.78, 5) is 13.5. The van der Waals surface area contributed by atoms with Gasteiger partial charge in [0, 0.05) is 18.5 Å². The summed E-state index contributed by atoms with van der Waals surface area (Å²) in [6.45, 7) is 2.19. The van der Waals surface area contributed by atoms with Gasteiger partial charge >= 0.3 is 0 Å². The molecule has 1 amide bonds. The molecule has 1 saturated heterocycles. The summed E-state index contributed by atoms with van der Waals surface area (Å²) in [5, 5.41) is 0. The monoisotopic (exact) mass is 253 g/mol. The Hall–Kier alpha value is -0.610. The topological polar surface area (TPSA) is 72.4 Å².